The summed E-state index contributed by atoms with van der Waals surface area (Å²) in [7, 11) is -3.50. The third-order valence-electron chi connectivity index (χ3n) is 12.5. The molecule has 0 unspecified atom stereocenters. The highest BCUT2D eigenvalue weighted by molar-refractivity contribution is 8.51. The van der Waals surface area contributed by atoms with Crippen molar-refractivity contribution in [1.29, 1.82) is 0 Å². The highest BCUT2D eigenvalue weighted by atomic mass is 32.3. The lowest BCUT2D eigenvalue weighted by atomic mass is 9.89. The van der Waals surface area contributed by atoms with Crippen LogP contribution in [0.3, 0.4) is 0 Å². The van der Waals surface area contributed by atoms with E-state index in [0.717, 1.165) is 11.5 Å². The number of benzene rings is 8. The van der Waals surface area contributed by atoms with E-state index in [0.29, 0.717) is 0 Å². The molecule has 0 atom stereocenters. The minimum atomic E-state index is -1.75. The number of hydrogen-bond donors (Lipinski definition) is 0. The van der Waals surface area contributed by atoms with Crippen molar-refractivity contribution in [2.24, 2.45) is 0 Å². The SMILES string of the molecule is CS1(CCS2(C)C(c3ccccc3)=C(c3ccccc3)C(c3ccccc3)=C2c2ccccc2)C(c2ccccc2)=C(c2ccccc2)C(c2ccccc2)=C1c1ccccc1. The van der Waals surface area contributed by atoms with Crippen LogP contribution in [0.4, 0.5) is 0 Å². The summed E-state index contributed by atoms with van der Waals surface area (Å²) in [5.41, 5.74) is 15.7. The summed E-state index contributed by atoms with van der Waals surface area (Å²) in [5, 5.41) is 0. The summed E-state index contributed by atoms with van der Waals surface area (Å²) < 4.78 is 0. The molecule has 302 valence electrons. The molecular formula is C60H50S2. The number of allylic oxidation sites excluding steroid dienone is 4. The van der Waals surface area contributed by atoms with Gasteiger partial charge in [-0.3, -0.25) is 0 Å². The molecule has 2 heteroatoms. The standard InChI is InChI=1S/C60H50S2/c1-61(57(49-35-19-7-20-36-49)53(45-27-11-3-12-28-45)54(46-29-13-4-14-30-46)58(61)50-37-21-8-22-38-50)43-44-62(2)59(51-39-23-9-24-40-51)55(47-31-15-5-16-32-47)56(48-33-17-6-18-34-48)60(62)52-41-25-10-26-42-52/h3-42H,43-44H2,1-2H3. The summed E-state index contributed by atoms with van der Waals surface area (Å²) in [6.07, 6.45) is 5.28. The third-order valence-corrected chi connectivity index (χ3v) is 20.2. The van der Waals surface area contributed by atoms with Gasteiger partial charge in [0.15, 0.2) is 0 Å². The van der Waals surface area contributed by atoms with Gasteiger partial charge in [0.2, 0.25) is 0 Å². The van der Waals surface area contributed by atoms with Gasteiger partial charge in [-0.2, -0.15) is 20.1 Å². The predicted octanol–water partition coefficient (Wildman–Crippen LogP) is 16.2. The molecule has 0 radical (unpaired) electrons. The van der Waals surface area contributed by atoms with Crippen LogP contribution >= 0.6 is 20.1 Å². The zero-order chi connectivity index (χ0) is 41.9. The minimum Gasteiger partial charge on any atom is -0.188 e. The lowest BCUT2D eigenvalue weighted by molar-refractivity contribution is 1.50. The van der Waals surface area contributed by atoms with Crippen LogP contribution in [0, 0.1) is 0 Å². The van der Waals surface area contributed by atoms with Crippen LogP contribution in [-0.2, 0) is 0 Å². The van der Waals surface area contributed by atoms with Gasteiger partial charge in [0.25, 0.3) is 0 Å². The van der Waals surface area contributed by atoms with Crippen LogP contribution in [0.15, 0.2) is 243 Å². The second-order valence-electron chi connectivity index (χ2n) is 16.3. The van der Waals surface area contributed by atoms with E-state index in [9.17, 15) is 0 Å². The molecule has 0 N–H and O–H groups in total. The lowest BCUT2D eigenvalue weighted by Crippen LogP contribution is -2.15. The second kappa shape index (κ2) is 17.1. The molecule has 8 aromatic rings. The average Bonchev–Trinajstić information content (AvgIpc) is 3.79. The van der Waals surface area contributed by atoms with Crippen LogP contribution in [0.5, 0.6) is 0 Å². The van der Waals surface area contributed by atoms with Crippen LogP contribution in [0.1, 0.15) is 44.5 Å². The molecule has 10 rings (SSSR count). The first-order valence-corrected chi connectivity index (χ1v) is 25.9. The molecule has 0 fully saturated rings. The first-order valence-electron chi connectivity index (χ1n) is 21.5. The van der Waals surface area contributed by atoms with E-state index in [2.05, 4.69) is 255 Å². The maximum atomic E-state index is 2.64. The van der Waals surface area contributed by atoms with Gasteiger partial charge in [-0.1, -0.05) is 243 Å². The summed E-state index contributed by atoms with van der Waals surface area (Å²) >= 11 is 0. The topological polar surface area (TPSA) is 0 Å². The van der Waals surface area contributed by atoms with Crippen molar-refractivity contribution in [1.82, 2.24) is 0 Å². The molecule has 0 bridgehead atoms. The van der Waals surface area contributed by atoms with E-state index in [4.69, 9.17) is 0 Å². The van der Waals surface area contributed by atoms with E-state index < -0.39 is 20.1 Å². The Morgan fingerprint density at radius 1 is 0.210 bits per heavy atom. The van der Waals surface area contributed by atoms with Gasteiger partial charge in [0.05, 0.1) is 0 Å². The largest absolute Gasteiger partial charge is 0.188 e. The van der Waals surface area contributed by atoms with Crippen LogP contribution in [0.2, 0.25) is 0 Å². The average molecular weight is 835 g/mol. The molecule has 0 amide bonds. The van der Waals surface area contributed by atoms with Crippen molar-refractivity contribution in [3.63, 3.8) is 0 Å². The van der Waals surface area contributed by atoms with Gasteiger partial charge >= 0.3 is 0 Å². The highest BCUT2D eigenvalue weighted by Gasteiger charge is 2.46. The quantitative estimate of drug-likeness (QED) is 0.122. The molecule has 0 spiro atoms. The monoisotopic (exact) mass is 834 g/mol. The van der Waals surface area contributed by atoms with Gasteiger partial charge < -0.3 is 0 Å². The first-order chi connectivity index (χ1) is 30.6. The summed E-state index contributed by atoms with van der Waals surface area (Å²) in [5.74, 6) is 2.02. The molecule has 0 saturated heterocycles. The molecule has 0 aromatic heterocycles. The smallest absolute Gasteiger partial charge is 0.00973 e. The third kappa shape index (κ3) is 7.04. The lowest BCUT2D eigenvalue weighted by Gasteiger charge is -2.45. The highest BCUT2D eigenvalue weighted by Crippen LogP contribution is 2.80. The fraction of sp³-hybridized carbons (Fsp3) is 0.0667. The van der Waals surface area contributed by atoms with Gasteiger partial charge in [0.1, 0.15) is 0 Å². The Hall–Kier alpha value is -6.58. The maximum Gasteiger partial charge on any atom is 0.00973 e. The molecule has 2 heterocycles. The molecule has 62 heavy (non-hydrogen) atoms. The van der Waals surface area contributed by atoms with Crippen molar-refractivity contribution in [3.05, 3.63) is 287 Å². The second-order valence-corrected chi connectivity index (χ2v) is 23.1. The number of hydrogen-bond acceptors (Lipinski definition) is 0. The van der Waals surface area contributed by atoms with Gasteiger partial charge in [-0.05, 0) is 68.5 Å². The van der Waals surface area contributed by atoms with E-state index in [1.54, 1.807) is 0 Å². The Balaban J connectivity index is 1.29. The van der Waals surface area contributed by atoms with E-state index in [1.165, 1.54) is 86.4 Å². The zero-order valence-corrected chi connectivity index (χ0v) is 37.0. The van der Waals surface area contributed by atoms with Crippen molar-refractivity contribution in [3.8, 4) is 0 Å². The summed E-state index contributed by atoms with van der Waals surface area (Å²) in [6.45, 7) is 0. The predicted molar refractivity (Wildman–Crippen MR) is 276 cm³/mol. The summed E-state index contributed by atoms with van der Waals surface area (Å²) in [6, 6.07) is 90.1. The Morgan fingerprint density at radius 3 is 0.516 bits per heavy atom. The Morgan fingerprint density at radius 2 is 0.355 bits per heavy atom. The molecule has 8 aromatic carbocycles. The Kier molecular flexibility index (Phi) is 10.9. The Bertz CT molecular complexity index is 2550. The first kappa shape index (κ1) is 39.5. The van der Waals surface area contributed by atoms with Crippen molar-refractivity contribution in [2.45, 2.75) is 0 Å². The molecule has 2 aliphatic heterocycles. The van der Waals surface area contributed by atoms with Crippen LogP contribution in [0.25, 0.3) is 41.9 Å². The van der Waals surface area contributed by atoms with Gasteiger partial charge in [-0.25, -0.2) is 0 Å². The zero-order valence-electron chi connectivity index (χ0n) is 35.3. The molecule has 0 nitrogen and oxygen atoms in total. The summed E-state index contributed by atoms with van der Waals surface area (Å²) in [4.78, 5) is 5.91. The van der Waals surface area contributed by atoms with Crippen molar-refractivity contribution >= 4 is 62.0 Å². The number of rotatable bonds is 11. The van der Waals surface area contributed by atoms with Crippen LogP contribution in [-0.4, -0.2) is 24.0 Å². The fourth-order valence-electron chi connectivity index (χ4n) is 9.80. The van der Waals surface area contributed by atoms with Crippen LogP contribution < -0.4 is 0 Å². The molecular weight excluding hydrogens is 785 g/mol. The van der Waals surface area contributed by atoms with E-state index in [-0.39, 0.29) is 0 Å². The van der Waals surface area contributed by atoms with Crippen molar-refractivity contribution in [2.75, 3.05) is 24.0 Å². The molecule has 0 saturated carbocycles. The maximum absolute atomic E-state index is 2.64. The van der Waals surface area contributed by atoms with Gasteiger partial charge in [0, 0.05) is 41.9 Å². The van der Waals surface area contributed by atoms with Crippen molar-refractivity contribution < 1.29 is 0 Å². The Labute approximate surface area is 371 Å². The minimum absolute atomic E-state index is 1.01. The van der Waals surface area contributed by atoms with E-state index in [1.807, 2.05) is 0 Å². The molecule has 2 aliphatic rings. The normalized spacial score (nSPS) is 16.7. The van der Waals surface area contributed by atoms with Gasteiger partial charge in [-0.15, -0.1) is 0 Å². The molecule has 0 aliphatic carbocycles. The van der Waals surface area contributed by atoms with E-state index >= 15 is 0 Å². The fourth-order valence-corrected chi connectivity index (χ4v) is 19.0.